The van der Waals surface area contributed by atoms with Crippen LogP contribution < -0.4 is 0 Å². The first-order valence-electron chi connectivity index (χ1n) is 24.9. The number of carbonyl (C=O) groups excluding carboxylic acids is 3. The Bertz CT molecular complexity index is 843. The SMILES string of the molecule is CCCCCCCCCCCCCCCCCCCC(=O)OC[C@H](COC(=O)CCCCCCCCC)OC(=O)CCCCCCCCCCCCC(C)CC. The molecular formula is C50H96O6. The summed E-state index contributed by atoms with van der Waals surface area (Å²) in [7, 11) is 0. The summed E-state index contributed by atoms with van der Waals surface area (Å²) in [5.74, 6) is 0.0127. The Morgan fingerprint density at radius 1 is 0.357 bits per heavy atom. The standard InChI is InChI=1S/C50H96O6/c1-5-8-10-12-14-15-16-17-18-19-20-21-22-26-30-34-38-42-49(52)55-45-47(44-54-48(51)41-37-33-28-13-11-9-6-2)56-50(53)43-39-35-31-27-24-23-25-29-32-36-40-46(4)7-3/h46-47H,5-45H2,1-4H3/t46?,47-/m0/s1. The number of esters is 3. The Labute approximate surface area is 348 Å². The summed E-state index contributed by atoms with van der Waals surface area (Å²) in [6.45, 7) is 9.00. The zero-order valence-corrected chi connectivity index (χ0v) is 38.1. The van der Waals surface area contributed by atoms with Gasteiger partial charge >= 0.3 is 17.9 Å². The Kier molecular flexibility index (Phi) is 43.2. The largest absolute Gasteiger partial charge is 0.462 e. The van der Waals surface area contributed by atoms with Crippen LogP contribution in [0.15, 0.2) is 0 Å². The van der Waals surface area contributed by atoms with Crippen molar-refractivity contribution in [3.8, 4) is 0 Å². The average Bonchev–Trinajstić information content (AvgIpc) is 3.19. The Morgan fingerprint density at radius 3 is 0.929 bits per heavy atom. The van der Waals surface area contributed by atoms with Gasteiger partial charge in [0.05, 0.1) is 0 Å². The highest BCUT2D eigenvalue weighted by Gasteiger charge is 2.19. The minimum absolute atomic E-state index is 0.0636. The Hall–Kier alpha value is -1.59. The number of carbonyl (C=O) groups is 3. The van der Waals surface area contributed by atoms with Crippen molar-refractivity contribution in [2.75, 3.05) is 13.2 Å². The lowest BCUT2D eigenvalue weighted by Crippen LogP contribution is -2.30. The number of rotatable bonds is 45. The summed E-state index contributed by atoms with van der Waals surface area (Å²) in [6, 6.07) is 0. The third kappa shape index (κ3) is 42.0. The minimum Gasteiger partial charge on any atom is -0.462 e. The zero-order chi connectivity index (χ0) is 41.0. The van der Waals surface area contributed by atoms with Gasteiger partial charge in [-0.25, -0.2) is 0 Å². The maximum absolute atomic E-state index is 12.7. The molecule has 0 aromatic carbocycles. The van der Waals surface area contributed by atoms with E-state index in [1.54, 1.807) is 0 Å². The van der Waals surface area contributed by atoms with Crippen LogP contribution in [-0.2, 0) is 28.6 Å². The molecule has 1 unspecified atom stereocenters. The van der Waals surface area contributed by atoms with Gasteiger partial charge < -0.3 is 14.2 Å². The van der Waals surface area contributed by atoms with Crippen molar-refractivity contribution in [2.24, 2.45) is 5.92 Å². The van der Waals surface area contributed by atoms with Crippen LogP contribution in [-0.4, -0.2) is 37.2 Å². The summed E-state index contributed by atoms with van der Waals surface area (Å²) in [5.41, 5.74) is 0. The summed E-state index contributed by atoms with van der Waals surface area (Å²) in [5, 5.41) is 0. The fourth-order valence-electron chi connectivity index (χ4n) is 7.48. The van der Waals surface area contributed by atoms with Gasteiger partial charge in [0.1, 0.15) is 13.2 Å². The quantitative estimate of drug-likeness (QED) is 0.0347. The van der Waals surface area contributed by atoms with Crippen molar-refractivity contribution in [3.05, 3.63) is 0 Å². The third-order valence-corrected chi connectivity index (χ3v) is 11.7. The molecule has 0 saturated carbocycles. The van der Waals surface area contributed by atoms with Crippen molar-refractivity contribution in [1.29, 1.82) is 0 Å². The van der Waals surface area contributed by atoms with Crippen molar-refractivity contribution in [2.45, 2.75) is 284 Å². The first-order valence-corrected chi connectivity index (χ1v) is 24.9. The van der Waals surface area contributed by atoms with E-state index in [4.69, 9.17) is 14.2 Å². The zero-order valence-electron chi connectivity index (χ0n) is 38.1. The molecule has 0 aromatic heterocycles. The van der Waals surface area contributed by atoms with Crippen molar-refractivity contribution in [3.63, 3.8) is 0 Å². The lowest BCUT2D eigenvalue weighted by molar-refractivity contribution is -0.167. The molecule has 0 aliphatic rings. The van der Waals surface area contributed by atoms with Crippen LogP contribution in [0.3, 0.4) is 0 Å². The monoisotopic (exact) mass is 793 g/mol. The molecule has 0 bridgehead atoms. The molecule has 56 heavy (non-hydrogen) atoms. The van der Waals surface area contributed by atoms with E-state index in [9.17, 15) is 14.4 Å². The van der Waals surface area contributed by atoms with Gasteiger partial charge in [0.15, 0.2) is 6.10 Å². The number of hydrogen-bond donors (Lipinski definition) is 0. The van der Waals surface area contributed by atoms with Crippen LogP contribution in [0, 0.1) is 5.92 Å². The molecule has 0 saturated heterocycles. The Balaban J connectivity index is 4.21. The first-order chi connectivity index (χ1) is 27.4. The van der Waals surface area contributed by atoms with Crippen molar-refractivity contribution in [1.82, 2.24) is 0 Å². The van der Waals surface area contributed by atoms with E-state index < -0.39 is 6.10 Å². The van der Waals surface area contributed by atoms with E-state index in [1.807, 2.05) is 0 Å². The van der Waals surface area contributed by atoms with E-state index in [-0.39, 0.29) is 31.1 Å². The topological polar surface area (TPSA) is 78.9 Å². The highest BCUT2D eigenvalue weighted by atomic mass is 16.6. The highest BCUT2D eigenvalue weighted by Crippen LogP contribution is 2.17. The van der Waals surface area contributed by atoms with Crippen molar-refractivity contribution < 1.29 is 28.6 Å². The highest BCUT2D eigenvalue weighted by molar-refractivity contribution is 5.71. The minimum atomic E-state index is -0.759. The van der Waals surface area contributed by atoms with Gasteiger partial charge in [-0.2, -0.15) is 0 Å². The fraction of sp³-hybridized carbons (Fsp3) is 0.940. The molecule has 6 nitrogen and oxygen atoms in total. The van der Waals surface area contributed by atoms with E-state index >= 15 is 0 Å². The fourth-order valence-corrected chi connectivity index (χ4v) is 7.48. The smallest absolute Gasteiger partial charge is 0.306 e. The summed E-state index contributed by atoms with van der Waals surface area (Å²) in [6.07, 6.45) is 45.2. The van der Waals surface area contributed by atoms with E-state index in [0.29, 0.717) is 19.3 Å². The molecule has 6 heteroatoms. The average molecular weight is 793 g/mol. The van der Waals surface area contributed by atoms with Crippen LogP contribution in [0.4, 0.5) is 0 Å². The van der Waals surface area contributed by atoms with Crippen LogP contribution >= 0.6 is 0 Å². The van der Waals surface area contributed by atoms with E-state index in [0.717, 1.165) is 63.7 Å². The molecular weight excluding hydrogens is 697 g/mol. The number of unbranched alkanes of at least 4 members (excludes halogenated alkanes) is 31. The molecule has 0 amide bonds. The number of hydrogen-bond acceptors (Lipinski definition) is 6. The van der Waals surface area contributed by atoms with Crippen LogP contribution in [0.25, 0.3) is 0 Å². The van der Waals surface area contributed by atoms with Crippen LogP contribution in [0.1, 0.15) is 278 Å². The van der Waals surface area contributed by atoms with Crippen LogP contribution in [0.5, 0.6) is 0 Å². The van der Waals surface area contributed by atoms with E-state index in [2.05, 4.69) is 27.7 Å². The second-order valence-electron chi connectivity index (χ2n) is 17.3. The molecule has 0 radical (unpaired) electrons. The third-order valence-electron chi connectivity index (χ3n) is 11.7. The lowest BCUT2D eigenvalue weighted by atomic mass is 9.99. The second kappa shape index (κ2) is 44.5. The molecule has 0 aliphatic carbocycles. The summed E-state index contributed by atoms with van der Waals surface area (Å²) >= 11 is 0. The summed E-state index contributed by atoms with van der Waals surface area (Å²) < 4.78 is 16.7. The molecule has 332 valence electrons. The van der Waals surface area contributed by atoms with Gasteiger partial charge in [0.2, 0.25) is 0 Å². The molecule has 0 N–H and O–H groups in total. The van der Waals surface area contributed by atoms with Gasteiger partial charge in [0, 0.05) is 19.3 Å². The number of ether oxygens (including phenoxy) is 3. The second-order valence-corrected chi connectivity index (χ2v) is 17.3. The normalized spacial score (nSPS) is 12.4. The summed E-state index contributed by atoms with van der Waals surface area (Å²) in [4.78, 5) is 37.7. The molecule has 2 atom stereocenters. The Morgan fingerprint density at radius 2 is 0.625 bits per heavy atom. The van der Waals surface area contributed by atoms with Crippen molar-refractivity contribution >= 4 is 17.9 Å². The predicted octanol–water partition coefficient (Wildman–Crippen LogP) is 15.9. The van der Waals surface area contributed by atoms with E-state index in [1.165, 1.54) is 173 Å². The van der Waals surface area contributed by atoms with Gasteiger partial charge in [-0.1, -0.05) is 240 Å². The molecule has 0 aromatic rings. The molecule has 0 heterocycles. The maximum atomic E-state index is 12.7. The molecule has 0 rings (SSSR count). The maximum Gasteiger partial charge on any atom is 0.306 e. The van der Waals surface area contributed by atoms with Crippen LogP contribution in [0.2, 0.25) is 0 Å². The lowest BCUT2D eigenvalue weighted by Gasteiger charge is -2.18. The van der Waals surface area contributed by atoms with Gasteiger partial charge in [-0.05, 0) is 25.2 Å². The van der Waals surface area contributed by atoms with Gasteiger partial charge in [-0.3, -0.25) is 14.4 Å². The predicted molar refractivity (Wildman–Crippen MR) is 238 cm³/mol. The van der Waals surface area contributed by atoms with Gasteiger partial charge in [-0.15, -0.1) is 0 Å². The molecule has 0 fully saturated rings. The first kappa shape index (κ1) is 54.4. The van der Waals surface area contributed by atoms with Gasteiger partial charge in [0.25, 0.3) is 0 Å². The molecule has 0 aliphatic heterocycles. The molecule has 0 spiro atoms.